The van der Waals surface area contributed by atoms with E-state index < -0.39 is 5.43 Å². The van der Waals surface area contributed by atoms with Crippen LogP contribution in [-0.2, 0) is 0 Å². The van der Waals surface area contributed by atoms with Crippen LogP contribution in [0.3, 0.4) is 0 Å². The molecule has 0 unspecified atom stereocenters. The van der Waals surface area contributed by atoms with Gasteiger partial charge in [0, 0.05) is 11.6 Å². The fraction of sp³-hybridized carbons (Fsp3) is 0.250. The van der Waals surface area contributed by atoms with Crippen molar-refractivity contribution in [3.05, 3.63) is 34.5 Å². The molecular formula is C20H20O8. The molecule has 0 amide bonds. The summed E-state index contributed by atoms with van der Waals surface area (Å²) in [6.45, 7) is 0. The van der Waals surface area contributed by atoms with E-state index in [-0.39, 0.29) is 45.5 Å². The minimum atomic E-state index is -0.441. The van der Waals surface area contributed by atoms with E-state index in [1.807, 2.05) is 0 Å². The van der Waals surface area contributed by atoms with Crippen LogP contribution in [0.4, 0.5) is 0 Å². The fourth-order valence-corrected chi connectivity index (χ4v) is 2.97. The number of phenolic OH excluding ortho intramolecular Hbond substituents is 1. The molecule has 0 aliphatic carbocycles. The number of phenols is 1. The van der Waals surface area contributed by atoms with Crippen LogP contribution < -0.4 is 29.1 Å². The highest BCUT2D eigenvalue weighted by Gasteiger charge is 2.25. The number of fused-ring (bicyclic) bond motifs is 1. The summed E-state index contributed by atoms with van der Waals surface area (Å²) >= 11 is 0. The molecule has 148 valence electrons. The molecule has 0 saturated carbocycles. The van der Waals surface area contributed by atoms with Gasteiger partial charge in [-0.3, -0.25) is 4.79 Å². The van der Waals surface area contributed by atoms with Crippen molar-refractivity contribution in [2.24, 2.45) is 0 Å². The zero-order valence-electron chi connectivity index (χ0n) is 16.1. The van der Waals surface area contributed by atoms with Crippen molar-refractivity contribution in [3.63, 3.8) is 0 Å². The van der Waals surface area contributed by atoms with E-state index in [0.717, 1.165) is 0 Å². The quantitative estimate of drug-likeness (QED) is 0.688. The van der Waals surface area contributed by atoms with Gasteiger partial charge in [-0.25, -0.2) is 0 Å². The topological polar surface area (TPSA) is 96.6 Å². The van der Waals surface area contributed by atoms with Crippen molar-refractivity contribution in [1.82, 2.24) is 0 Å². The van der Waals surface area contributed by atoms with Crippen LogP contribution in [-0.4, -0.2) is 40.7 Å². The molecule has 0 bridgehead atoms. The van der Waals surface area contributed by atoms with E-state index in [0.29, 0.717) is 11.3 Å². The van der Waals surface area contributed by atoms with Crippen LogP contribution in [0.15, 0.2) is 33.5 Å². The molecule has 28 heavy (non-hydrogen) atoms. The van der Waals surface area contributed by atoms with Crippen LogP contribution >= 0.6 is 0 Å². The number of aromatic hydroxyl groups is 1. The molecule has 8 heteroatoms. The maximum atomic E-state index is 13.2. The van der Waals surface area contributed by atoms with Crippen molar-refractivity contribution in [2.45, 2.75) is 0 Å². The Bertz CT molecular complexity index is 1080. The number of rotatable bonds is 6. The number of benzene rings is 2. The van der Waals surface area contributed by atoms with Crippen molar-refractivity contribution >= 4 is 11.0 Å². The van der Waals surface area contributed by atoms with Crippen molar-refractivity contribution in [2.75, 3.05) is 35.5 Å². The van der Waals surface area contributed by atoms with Crippen molar-refractivity contribution in [3.8, 4) is 45.8 Å². The third kappa shape index (κ3) is 2.92. The highest BCUT2D eigenvalue weighted by atomic mass is 16.5. The first kappa shape index (κ1) is 19.2. The molecule has 0 aliphatic rings. The van der Waals surface area contributed by atoms with Crippen LogP contribution in [0.5, 0.6) is 34.5 Å². The standard InChI is InChI=1S/C20H20O8/c1-23-12-8-10(6-7-11(12)21)17-20(27-5)16(22)15-13(24-2)9-14(25-3)18(26-4)19(15)28-17/h6-9,21H,1-5H3. The van der Waals surface area contributed by atoms with Gasteiger partial charge in [-0.15, -0.1) is 0 Å². The summed E-state index contributed by atoms with van der Waals surface area (Å²) in [5.74, 6) is 1.14. The lowest BCUT2D eigenvalue weighted by Crippen LogP contribution is -2.10. The van der Waals surface area contributed by atoms with Gasteiger partial charge in [0.1, 0.15) is 11.1 Å². The van der Waals surface area contributed by atoms with Crippen LogP contribution in [0.25, 0.3) is 22.3 Å². The molecule has 3 aromatic rings. The second-order valence-electron chi connectivity index (χ2n) is 5.70. The molecule has 3 rings (SSSR count). The molecule has 2 aromatic carbocycles. The molecule has 0 saturated heterocycles. The minimum absolute atomic E-state index is 0.0224. The molecule has 0 spiro atoms. The Kier molecular flexibility index (Phi) is 5.21. The maximum Gasteiger partial charge on any atom is 0.239 e. The summed E-state index contributed by atoms with van der Waals surface area (Å²) in [5, 5.41) is 10.0. The van der Waals surface area contributed by atoms with E-state index >= 15 is 0 Å². The molecule has 0 aliphatic heterocycles. The Balaban J connectivity index is 2.46. The van der Waals surface area contributed by atoms with Gasteiger partial charge in [0.05, 0.1) is 35.5 Å². The van der Waals surface area contributed by atoms with E-state index in [1.54, 1.807) is 12.1 Å². The summed E-state index contributed by atoms with van der Waals surface area (Å²) in [7, 11) is 7.14. The summed E-state index contributed by atoms with van der Waals surface area (Å²) < 4.78 is 32.6. The molecule has 1 N–H and O–H groups in total. The number of hydrogen-bond acceptors (Lipinski definition) is 8. The van der Waals surface area contributed by atoms with Gasteiger partial charge >= 0.3 is 0 Å². The maximum absolute atomic E-state index is 13.2. The predicted octanol–water partition coefficient (Wildman–Crippen LogP) is 3.21. The Morgan fingerprint density at radius 3 is 2.00 bits per heavy atom. The fourth-order valence-electron chi connectivity index (χ4n) is 2.97. The average Bonchev–Trinajstić information content (AvgIpc) is 2.72. The highest BCUT2D eigenvalue weighted by molar-refractivity contribution is 5.93. The van der Waals surface area contributed by atoms with E-state index in [1.165, 1.54) is 47.7 Å². The zero-order valence-corrected chi connectivity index (χ0v) is 16.1. The normalized spacial score (nSPS) is 10.6. The number of methoxy groups -OCH3 is 5. The van der Waals surface area contributed by atoms with E-state index in [9.17, 15) is 9.90 Å². The number of ether oxygens (including phenoxy) is 5. The summed E-state index contributed by atoms with van der Waals surface area (Å²) in [6.07, 6.45) is 0. The third-order valence-corrected chi connectivity index (χ3v) is 4.30. The predicted molar refractivity (Wildman–Crippen MR) is 102 cm³/mol. The first-order valence-electron chi connectivity index (χ1n) is 8.21. The molecule has 0 atom stereocenters. The second kappa shape index (κ2) is 7.59. The lowest BCUT2D eigenvalue weighted by molar-refractivity contribution is 0.346. The Hall–Kier alpha value is -3.55. The molecule has 0 radical (unpaired) electrons. The minimum Gasteiger partial charge on any atom is -0.504 e. The van der Waals surface area contributed by atoms with Crippen LogP contribution in [0.1, 0.15) is 0 Å². The monoisotopic (exact) mass is 388 g/mol. The first-order chi connectivity index (χ1) is 13.5. The number of hydrogen-bond donors (Lipinski definition) is 1. The largest absolute Gasteiger partial charge is 0.504 e. The Morgan fingerprint density at radius 2 is 1.43 bits per heavy atom. The van der Waals surface area contributed by atoms with Gasteiger partial charge in [0.2, 0.25) is 16.9 Å². The van der Waals surface area contributed by atoms with Crippen LogP contribution in [0.2, 0.25) is 0 Å². The van der Waals surface area contributed by atoms with E-state index in [4.69, 9.17) is 28.1 Å². The highest BCUT2D eigenvalue weighted by Crippen LogP contribution is 2.44. The molecular weight excluding hydrogens is 368 g/mol. The van der Waals surface area contributed by atoms with Gasteiger partial charge in [0.15, 0.2) is 28.6 Å². The summed E-state index contributed by atoms with van der Waals surface area (Å²) in [5.41, 5.74) is 0.171. The summed E-state index contributed by atoms with van der Waals surface area (Å²) in [6, 6.07) is 6.09. The third-order valence-electron chi connectivity index (χ3n) is 4.30. The van der Waals surface area contributed by atoms with E-state index in [2.05, 4.69) is 0 Å². The van der Waals surface area contributed by atoms with Gasteiger partial charge in [0.25, 0.3) is 0 Å². The van der Waals surface area contributed by atoms with Gasteiger partial charge in [-0.2, -0.15) is 0 Å². The zero-order chi connectivity index (χ0) is 20.4. The Morgan fingerprint density at radius 1 is 0.786 bits per heavy atom. The van der Waals surface area contributed by atoms with Crippen molar-refractivity contribution in [1.29, 1.82) is 0 Å². The lowest BCUT2D eigenvalue weighted by atomic mass is 10.1. The Labute approximate surface area is 160 Å². The second-order valence-corrected chi connectivity index (χ2v) is 5.70. The van der Waals surface area contributed by atoms with Crippen LogP contribution in [0, 0.1) is 0 Å². The average molecular weight is 388 g/mol. The van der Waals surface area contributed by atoms with Gasteiger partial charge in [-0.1, -0.05) is 0 Å². The molecule has 1 aromatic heterocycles. The SMILES string of the molecule is COc1cc(-c2oc3c(OC)c(OC)cc(OC)c3c(=O)c2OC)ccc1O. The first-order valence-corrected chi connectivity index (χ1v) is 8.21. The van der Waals surface area contributed by atoms with Gasteiger partial charge < -0.3 is 33.2 Å². The molecule has 8 nitrogen and oxygen atoms in total. The lowest BCUT2D eigenvalue weighted by Gasteiger charge is -2.16. The van der Waals surface area contributed by atoms with Crippen molar-refractivity contribution < 1.29 is 33.2 Å². The smallest absolute Gasteiger partial charge is 0.239 e. The van der Waals surface area contributed by atoms with Gasteiger partial charge in [-0.05, 0) is 18.2 Å². The molecule has 1 heterocycles. The summed E-state index contributed by atoms with van der Waals surface area (Å²) in [4.78, 5) is 13.2. The molecule has 0 fully saturated rings.